The SMILES string of the molecule is CCCNC(=O)CNC(=O)CNC(=O)c1ccc(C(C)(C)C)cc1. The number of hydrogen-bond acceptors (Lipinski definition) is 3. The first-order chi connectivity index (χ1) is 11.2. The highest BCUT2D eigenvalue weighted by molar-refractivity contribution is 5.96. The molecule has 0 saturated carbocycles. The molecule has 132 valence electrons. The molecule has 0 heterocycles. The quantitative estimate of drug-likeness (QED) is 0.704. The van der Waals surface area contributed by atoms with Crippen LogP contribution >= 0.6 is 0 Å². The Hall–Kier alpha value is -2.37. The maximum atomic E-state index is 12.0. The summed E-state index contributed by atoms with van der Waals surface area (Å²) in [5.74, 6) is -0.961. The lowest BCUT2D eigenvalue weighted by Crippen LogP contribution is -2.42. The van der Waals surface area contributed by atoms with Gasteiger partial charge in [0.25, 0.3) is 5.91 Å². The first-order valence-corrected chi connectivity index (χ1v) is 8.16. The molecule has 0 saturated heterocycles. The van der Waals surface area contributed by atoms with Crippen LogP contribution in [0.3, 0.4) is 0 Å². The van der Waals surface area contributed by atoms with Crippen molar-refractivity contribution in [2.45, 2.75) is 39.5 Å². The summed E-state index contributed by atoms with van der Waals surface area (Å²) in [7, 11) is 0. The van der Waals surface area contributed by atoms with Gasteiger partial charge in [-0.05, 0) is 29.5 Å². The van der Waals surface area contributed by atoms with Gasteiger partial charge in [-0.3, -0.25) is 14.4 Å². The van der Waals surface area contributed by atoms with Crippen molar-refractivity contribution in [1.29, 1.82) is 0 Å². The number of benzene rings is 1. The number of amides is 3. The van der Waals surface area contributed by atoms with Gasteiger partial charge in [-0.15, -0.1) is 0 Å². The molecule has 0 radical (unpaired) electrons. The predicted molar refractivity (Wildman–Crippen MR) is 93.8 cm³/mol. The largest absolute Gasteiger partial charge is 0.355 e. The predicted octanol–water partition coefficient (Wildman–Crippen LogP) is 1.36. The second-order valence-corrected chi connectivity index (χ2v) is 6.64. The van der Waals surface area contributed by atoms with Crippen molar-refractivity contribution >= 4 is 17.7 Å². The van der Waals surface area contributed by atoms with E-state index in [1.54, 1.807) is 12.1 Å². The van der Waals surface area contributed by atoms with Gasteiger partial charge < -0.3 is 16.0 Å². The van der Waals surface area contributed by atoms with Crippen LogP contribution in [0.1, 0.15) is 50.0 Å². The zero-order valence-electron chi connectivity index (χ0n) is 14.9. The Morgan fingerprint density at radius 2 is 1.42 bits per heavy atom. The van der Waals surface area contributed by atoms with Gasteiger partial charge in [0, 0.05) is 12.1 Å². The minimum Gasteiger partial charge on any atom is -0.355 e. The van der Waals surface area contributed by atoms with Gasteiger partial charge in [-0.2, -0.15) is 0 Å². The molecule has 0 aliphatic heterocycles. The van der Waals surface area contributed by atoms with Crippen molar-refractivity contribution in [1.82, 2.24) is 16.0 Å². The third kappa shape index (κ3) is 6.81. The first kappa shape index (κ1) is 19.7. The van der Waals surface area contributed by atoms with Crippen LogP contribution in [0.5, 0.6) is 0 Å². The summed E-state index contributed by atoms with van der Waals surface area (Å²) in [5, 5.41) is 7.66. The summed E-state index contributed by atoms with van der Waals surface area (Å²) in [6.07, 6.45) is 0.837. The maximum Gasteiger partial charge on any atom is 0.251 e. The highest BCUT2D eigenvalue weighted by atomic mass is 16.2. The van der Waals surface area contributed by atoms with Crippen molar-refractivity contribution < 1.29 is 14.4 Å². The van der Waals surface area contributed by atoms with E-state index in [1.807, 2.05) is 19.1 Å². The fourth-order valence-electron chi connectivity index (χ4n) is 1.95. The van der Waals surface area contributed by atoms with Crippen LogP contribution < -0.4 is 16.0 Å². The standard InChI is InChI=1S/C18H27N3O3/c1-5-10-19-15(22)11-20-16(23)12-21-17(24)13-6-8-14(9-7-13)18(2,3)4/h6-9H,5,10-12H2,1-4H3,(H,19,22)(H,20,23)(H,21,24). The smallest absolute Gasteiger partial charge is 0.251 e. The lowest BCUT2D eigenvalue weighted by atomic mass is 9.87. The summed E-state index contributed by atoms with van der Waals surface area (Å²) in [5.41, 5.74) is 1.65. The van der Waals surface area contributed by atoms with Crippen LogP contribution in [0.15, 0.2) is 24.3 Å². The Morgan fingerprint density at radius 3 is 1.96 bits per heavy atom. The monoisotopic (exact) mass is 333 g/mol. The lowest BCUT2D eigenvalue weighted by Gasteiger charge is -2.19. The van der Waals surface area contributed by atoms with Crippen molar-refractivity contribution in [2.75, 3.05) is 19.6 Å². The van der Waals surface area contributed by atoms with Gasteiger partial charge in [0.1, 0.15) is 0 Å². The van der Waals surface area contributed by atoms with Crippen LogP contribution in [0.4, 0.5) is 0 Å². The molecule has 0 spiro atoms. The number of carbonyl (C=O) groups excluding carboxylic acids is 3. The average molecular weight is 333 g/mol. The number of nitrogens with one attached hydrogen (secondary N) is 3. The van der Waals surface area contributed by atoms with Gasteiger partial charge in [-0.1, -0.05) is 39.8 Å². The summed E-state index contributed by atoms with van der Waals surface area (Å²) in [6, 6.07) is 7.30. The summed E-state index contributed by atoms with van der Waals surface area (Å²) >= 11 is 0. The molecule has 1 aromatic carbocycles. The van der Waals surface area contributed by atoms with E-state index in [9.17, 15) is 14.4 Å². The molecular weight excluding hydrogens is 306 g/mol. The average Bonchev–Trinajstić information content (AvgIpc) is 2.55. The molecule has 0 fully saturated rings. The first-order valence-electron chi connectivity index (χ1n) is 8.16. The molecule has 6 heteroatoms. The third-order valence-electron chi connectivity index (χ3n) is 3.44. The number of rotatable bonds is 7. The normalized spacial score (nSPS) is 10.8. The Kier molecular flexibility index (Phi) is 7.42. The second-order valence-electron chi connectivity index (χ2n) is 6.64. The number of hydrogen-bond donors (Lipinski definition) is 3. The van der Waals surface area contributed by atoms with E-state index in [1.165, 1.54) is 0 Å². The highest BCUT2D eigenvalue weighted by Crippen LogP contribution is 2.22. The van der Waals surface area contributed by atoms with E-state index in [4.69, 9.17) is 0 Å². The molecular formula is C18H27N3O3. The Balaban J connectivity index is 2.40. The zero-order valence-corrected chi connectivity index (χ0v) is 14.9. The minimum absolute atomic E-state index is 0.0211. The molecule has 6 nitrogen and oxygen atoms in total. The van der Waals surface area contributed by atoms with Crippen molar-refractivity contribution in [3.8, 4) is 0 Å². The van der Waals surface area contributed by atoms with Crippen LogP contribution in [0.25, 0.3) is 0 Å². The van der Waals surface area contributed by atoms with Crippen LogP contribution in [0.2, 0.25) is 0 Å². The molecule has 0 atom stereocenters. The second kappa shape index (κ2) is 9.05. The highest BCUT2D eigenvalue weighted by Gasteiger charge is 2.14. The topological polar surface area (TPSA) is 87.3 Å². The van der Waals surface area contributed by atoms with Gasteiger partial charge in [0.05, 0.1) is 13.1 Å². The van der Waals surface area contributed by atoms with Crippen molar-refractivity contribution in [2.24, 2.45) is 0 Å². The van der Waals surface area contributed by atoms with E-state index in [2.05, 4.69) is 36.7 Å². The van der Waals surface area contributed by atoms with Gasteiger partial charge in [0.15, 0.2) is 0 Å². The van der Waals surface area contributed by atoms with Crippen LogP contribution in [-0.4, -0.2) is 37.4 Å². The van der Waals surface area contributed by atoms with Crippen molar-refractivity contribution in [3.05, 3.63) is 35.4 Å². The molecule has 0 aliphatic carbocycles. The molecule has 0 aliphatic rings. The van der Waals surface area contributed by atoms with E-state index in [0.717, 1.165) is 12.0 Å². The number of carbonyl (C=O) groups is 3. The van der Waals surface area contributed by atoms with Crippen molar-refractivity contribution in [3.63, 3.8) is 0 Å². The van der Waals surface area contributed by atoms with E-state index in [-0.39, 0.29) is 30.3 Å². The van der Waals surface area contributed by atoms with E-state index < -0.39 is 5.91 Å². The Labute approximate surface area is 143 Å². The molecule has 0 bridgehead atoms. The van der Waals surface area contributed by atoms with Gasteiger partial charge in [-0.25, -0.2) is 0 Å². The molecule has 3 amide bonds. The molecule has 24 heavy (non-hydrogen) atoms. The van der Waals surface area contributed by atoms with Crippen LogP contribution in [0, 0.1) is 0 Å². The third-order valence-corrected chi connectivity index (χ3v) is 3.44. The Morgan fingerprint density at radius 1 is 0.875 bits per heavy atom. The summed E-state index contributed by atoms with van der Waals surface area (Å²) < 4.78 is 0. The van der Waals surface area contributed by atoms with E-state index >= 15 is 0 Å². The summed E-state index contributed by atoms with van der Waals surface area (Å²) in [4.78, 5) is 35.0. The fourth-order valence-corrected chi connectivity index (χ4v) is 1.95. The molecule has 1 rings (SSSR count). The zero-order chi connectivity index (χ0) is 18.2. The van der Waals surface area contributed by atoms with Gasteiger partial charge >= 0.3 is 0 Å². The molecule has 0 aromatic heterocycles. The molecule has 0 unspecified atom stereocenters. The van der Waals surface area contributed by atoms with Crippen LogP contribution in [-0.2, 0) is 15.0 Å². The van der Waals surface area contributed by atoms with Gasteiger partial charge in [0.2, 0.25) is 11.8 Å². The van der Waals surface area contributed by atoms with E-state index in [0.29, 0.717) is 12.1 Å². The Bertz CT molecular complexity index is 574. The minimum atomic E-state index is -0.402. The molecule has 3 N–H and O–H groups in total. The molecule has 1 aromatic rings. The fraction of sp³-hybridized carbons (Fsp3) is 0.500. The lowest BCUT2D eigenvalue weighted by molar-refractivity contribution is -0.125. The summed E-state index contributed by atoms with van der Waals surface area (Å²) in [6.45, 7) is 8.57. The maximum absolute atomic E-state index is 12.0.